The van der Waals surface area contributed by atoms with Crippen LogP contribution in [0.4, 0.5) is 35.1 Å². The van der Waals surface area contributed by atoms with Gasteiger partial charge < -0.3 is 28.3 Å². The van der Waals surface area contributed by atoms with Crippen LogP contribution < -0.4 is 9.47 Å². The van der Waals surface area contributed by atoms with Gasteiger partial charge in [0.15, 0.2) is 24.8 Å². The maximum absolute atomic E-state index is 16.4. The highest BCUT2D eigenvalue weighted by atomic mass is 19.4. The van der Waals surface area contributed by atoms with Gasteiger partial charge in [0, 0.05) is 115 Å². The molecule has 10 aromatic carbocycles. The van der Waals surface area contributed by atoms with E-state index >= 15 is 44.7 Å². The summed E-state index contributed by atoms with van der Waals surface area (Å²) in [5.74, 6) is -29.1. The molecule has 0 radical (unpaired) electrons. The van der Waals surface area contributed by atoms with Gasteiger partial charge in [-0.1, -0.05) is 197 Å². The Morgan fingerprint density at radius 2 is 0.741 bits per heavy atom. The Morgan fingerprint density at radius 3 is 1.08 bits per heavy atom. The van der Waals surface area contributed by atoms with Crippen molar-refractivity contribution in [2.24, 2.45) is 22.1 Å². The molecule has 0 bridgehead atoms. The standard InChI is InChI=1S/C92H90F8N4O8/c1-13-17-27-61(15-3)49-103-77-39-37-63(45-71(77)73-47-75(65-29-19-21-31-67(65)85(73)103)87(107)81-55(7)41-53(5)42-56(81)8)83(101-111-59(11)105)69-33-23-25-35-79(69)109-51-89(93,94)91(97,98)92(99,100)90(95,96)52-110-80-36-26-24-34-70(80)84(102-112-60(12)106)64-38-40-78-72(46-64)74-48-76(88(108)82-57(9)43-54(6)44-58(82)10)66-30-20-22-32-68(66)86(74)104(78)50-62(16-4)28-18-14-2/h19-26,29-48,61-62H,13-18,27-28,49-52H2,1-12H3. The second-order valence-electron chi connectivity index (χ2n) is 29.6. The normalized spacial score (nSPS) is 13.2. The number of aromatic nitrogens is 2. The molecule has 0 aliphatic carbocycles. The van der Waals surface area contributed by atoms with Gasteiger partial charge in [-0.3, -0.25) is 9.59 Å². The number of carbonyl (C=O) groups excluding carboxylic acids is 4. The Bertz CT molecular complexity index is 5340. The minimum Gasteiger partial charge on any atom is -0.486 e. The van der Waals surface area contributed by atoms with Gasteiger partial charge in [-0.15, -0.1) is 0 Å². The number of halogens is 8. The van der Waals surface area contributed by atoms with E-state index in [1.165, 1.54) is 36.4 Å². The summed E-state index contributed by atoms with van der Waals surface area (Å²) >= 11 is 0. The zero-order valence-corrected chi connectivity index (χ0v) is 64.9. The number of ketones is 2. The lowest BCUT2D eigenvalue weighted by atomic mass is 9.89. The molecular formula is C92H90F8N4O8. The molecule has 12 aromatic rings. The van der Waals surface area contributed by atoms with Gasteiger partial charge in [0.25, 0.3) is 0 Å². The van der Waals surface area contributed by atoms with E-state index in [2.05, 4.69) is 47.1 Å². The largest absolute Gasteiger partial charge is 0.486 e. The van der Waals surface area contributed by atoms with Crippen molar-refractivity contribution in [3.8, 4) is 11.5 Å². The minimum atomic E-state index is -6.87. The van der Waals surface area contributed by atoms with Gasteiger partial charge in [0.1, 0.15) is 22.9 Å². The highest BCUT2D eigenvalue weighted by Gasteiger charge is 2.81. The van der Waals surface area contributed by atoms with Crippen molar-refractivity contribution in [3.63, 3.8) is 0 Å². The summed E-state index contributed by atoms with van der Waals surface area (Å²) in [6.07, 6.45) is 7.43. The van der Waals surface area contributed by atoms with Crippen LogP contribution in [0.3, 0.4) is 0 Å². The van der Waals surface area contributed by atoms with E-state index in [1.54, 1.807) is 36.4 Å². The molecule has 2 atom stereocenters. The molecule has 0 saturated heterocycles. The van der Waals surface area contributed by atoms with E-state index in [0.717, 1.165) is 144 Å². The molecule has 2 heterocycles. The number of para-hydroxylation sites is 2. The first kappa shape index (κ1) is 80.5. The maximum atomic E-state index is 16.4. The number of benzene rings is 10. The summed E-state index contributed by atoms with van der Waals surface area (Å²) < 4.78 is 146. The molecule has 2 aromatic heterocycles. The predicted octanol–water partition coefficient (Wildman–Crippen LogP) is 23.6. The molecule has 2 unspecified atom stereocenters. The monoisotopic (exact) mass is 1530 g/mol. The van der Waals surface area contributed by atoms with Crippen LogP contribution in [-0.4, -0.2) is 81.0 Å². The smallest absolute Gasteiger partial charge is 0.381 e. The van der Waals surface area contributed by atoms with Gasteiger partial charge >= 0.3 is 35.6 Å². The number of ether oxygens (including phenoxy) is 2. The first-order valence-electron chi connectivity index (χ1n) is 38.0. The summed E-state index contributed by atoms with van der Waals surface area (Å²) in [4.78, 5) is 65.8. The first-order chi connectivity index (χ1) is 53.4. The molecule has 20 heteroatoms. The third-order valence-electron chi connectivity index (χ3n) is 21.5. The third-order valence-corrected chi connectivity index (χ3v) is 21.5. The van der Waals surface area contributed by atoms with Crippen molar-refractivity contribution in [1.82, 2.24) is 9.13 Å². The van der Waals surface area contributed by atoms with Crippen LogP contribution in [0.25, 0.3) is 65.2 Å². The molecule has 12 nitrogen and oxygen atoms in total. The molecule has 0 saturated carbocycles. The fourth-order valence-corrected chi connectivity index (χ4v) is 16.0. The highest BCUT2D eigenvalue weighted by molar-refractivity contribution is 6.29. The number of unbranched alkanes of at least 4 members (excludes halogenated alkanes) is 2. The van der Waals surface area contributed by atoms with Crippen LogP contribution in [0.1, 0.15) is 180 Å². The fraction of sp³-hybridized carbons (Fsp3) is 0.326. The third kappa shape index (κ3) is 15.5. The molecule has 0 aliphatic heterocycles. The summed E-state index contributed by atoms with van der Waals surface area (Å²) in [6.45, 7) is 18.0. The molecule has 0 spiro atoms. The van der Waals surface area contributed by atoms with Gasteiger partial charge in [0.2, 0.25) is 0 Å². The molecule has 12 rings (SSSR count). The van der Waals surface area contributed by atoms with Gasteiger partial charge in [-0.25, -0.2) is 9.59 Å². The van der Waals surface area contributed by atoms with Crippen LogP contribution in [-0.2, 0) is 32.4 Å². The number of alkyl halides is 8. The Hall–Kier alpha value is -11.0. The SMILES string of the molecule is CCCCC(CC)Cn1c2ccc(C(=NOC(C)=O)c3ccccc3OCC(F)(F)C(F)(F)C(F)(F)C(F)(F)COc3ccccc3C(=NOC(C)=O)c3ccc4c(c3)c3cc(C(=O)c5c(C)cc(C)cc5C)c5ccccc5c3n4CC(CC)CCCC)cc2c2cc(C(=O)c3c(C)cc(C)cc3C)c3ccccc3c21. The molecule has 0 amide bonds. The highest BCUT2D eigenvalue weighted by Crippen LogP contribution is 2.53. The molecule has 0 N–H and O–H groups in total. The lowest BCUT2D eigenvalue weighted by Gasteiger charge is -2.36. The van der Waals surface area contributed by atoms with E-state index < -0.39 is 60.3 Å². The molecule has 0 aliphatic rings. The topological polar surface area (TPSA) is 140 Å². The number of hydrogen-bond acceptors (Lipinski definition) is 10. The number of aryl methyl sites for hydroxylation is 6. The van der Waals surface area contributed by atoms with Crippen molar-refractivity contribution >= 4 is 100 Å². The summed E-state index contributed by atoms with van der Waals surface area (Å²) in [6, 6.07) is 46.8. The lowest BCUT2D eigenvalue weighted by Crippen LogP contribution is -2.65. The van der Waals surface area contributed by atoms with Gasteiger partial charge in [0.05, 0.1) is 11.0 Å². The Kier molecular flexibility index (Phi) is 23.5. The van der Waals surface area contributed by atoms with Crippen molar-refractivity contribution in [2.75, 3.05) is 13.2 Å². The second-order valence-corrected chi connectivity index (χ2v) is 29.6. The van der Waals surface area contributed by atoms with Gasteiger partial charge in [-0.2, -0.15) is 35.1 Å². The molecule has 0 fully saturated rings. The Labute approximate surface area is 645 Å². The number of hydrogen-bond donors (Lipinski definition) is 0. The van der Waals surface area contributed by atoms with Crippen LogP contribution >= 0.6 is 0 Å². The van der Waals surface area contributed by atoms with E-state index in [-0.39, 0.29) is 57.1 Å². The maximum Gasteiger partial charge on any atom is 0.381 e. The van der Waals surface area contributed by atoms with E-state index in [0.29, 0.717) is 67.7 Å². The van der Waals surface area contributed by atoms with E-state index in [4.69, 9.17) is 19.1 Å². The van der Waals surface area contributed by atoms with Crippen LogP contribution in [0, 0.1) is 53.4 Å². The zero-order chi connectivity index (χ0) is 80.5. The van der Waals surface area contributed by atoms with Crippen molar-refractivity contribution in [2.45, 2.75) is 171 Å². The first-order valence-corrected chi connectivity index (χ1v) is 38.0. The van der Waals surface area contributed by atoms with E-state index in [9.17, 15) is 9.59 Å². The molecule has 582 valence electrons. The fourth-order valence-electron chi connectivity index (χ4n) is 16.0. The molecular weight excluding hydrogens is 1440 g/mol. The predicted molar refractivity (Wildman–Crippen MR) is 427 cm³/mol. The van der Waals surface area contributed by atoms with Crippen LogP contribution in [0.2, 0.25) is 0 Å². The lowest BCUT2D eigenvalue weighted by molar-refractivity contribution is -0.371. The van der Waals surface area contributed by atoms with E-state index in [1.807, 2.05) is 126 Å². The number of carbonyl (C=O) groups is 4. The van der Waals surface area contributed by atoms with Crippen LogP contribution in [0.5, 0.6) is 11.5 Å². The number of nitrogens with zero attached hydrogens (tertiary/aromatic N) is 4. The second kappa shape index (κ2) is 32.7. The van der Waals surface area contributed by atoms with Crippen LogP contribution in [0.15, 0.2) is 180 Å². The number of oxime groups is 2. The average molecular weight is 1530 g/mol. The molecule has 112 heavy (non-hydrogen) atoms. The summed E-state index contributed by atoms with van der Waals surface area (Å²) in [5, 5.41) is 13.7. The zero-order valence-electron chi connectivity index (χ0n) is 64.9. The average Bonchev–Trinajstić information content (AvgIpc) is 1.48. The summed E-state index contributed by atoms with van der Waals surface area (Å²) in [5.41, 5.74) is 9.35. The van der Waals surface area contributed by atoms with Gasteiger partial charge in [-0.05, 0) is 160 Å². The van der Waals surface area contributed by atoms with Crippen molar-refractivity contribution < 1.29 is 73.5 Å². The number of fused-ring (bicyclic) bond motifs is 10. The summed E-state index contributed by atoms with van der Waals surface area (Å²) in [7, 11) is 0. The quantitative estimate of drug-likeness (QED) is 0.0138. The Balaban J connectivity index is 0.872. The van der Waals surface area contributed by atoms with Crippen molar-refractivity contribution in [1.29, 1.82) is 0 Å². The Morgan fingerprint density at radius 1 is 0.402 bits per heavy atom. The number of rotatable bonds is 31. The minimum absolute atomic E-state index is 0.159. The van der Waals surface area contributed by atoms with Crippen molar-refractivity contribution in [3.05, 3.63) is 248 Å².